The number of Topliss-reactive ketones (excluding diaryl/α,β-unsaturated/α-hetero) is 1. The molecule has 2 amide bonds. The Labute approximate surface area is 237 Å². The minimum absolute atomic E-state index is 0.240. The highest BCUT2D eigenvalue weighted by Crippen LogP contribution is 2.25. The lowest BCUT2D eigenvalue weighted by atomic mass is 10.0. The van der Waals surface area contributed by atoms with Gasteiger partial charge in [-0.05, 0) is 80.9 Å². The molecule has 0 spiro atoms. The molecule has 0 saturated carbocycles. The maximum atomic E-state index is 13.2. The Morgan fingerprint density at radius 2 is 1.54 bits per heavy atom. The van der Waals surface area contributed by atoms with Gasteiger partial charge in [-0.2, -0.15) is 0 Å². The van der Waals surface area contributed by atoms with Gasteiger partial charge < -0.3 is 10.1 Å². The van der Waals surface area contributed by atoms with E-state index in [1.165, 1.54) is 12.1 Å². The summed E-state index contributed by atoms with van der Waals surface area (Å²) < 4.78 is 18.5. The maximum Gasteiger partial charge on any atom is 0.412 e. The number of carbonyl (C=O) groups is 3. The van der Waals surface area contributed by atoms with E-state index in [-0.39, 0.29) is 23.0 Å². The molecule has 0 saturated heterocycles. The molecule has 0 aliphatic rings. The van der Waals surface area contributed by atoms with Gasteiger partial charge in [-0.25, -0.2) is 9.18 Å². The molecular formula is C33H28FN3O4. The van der Waals surface area contributed by atoms with Gasteiger partial charge in [0.25, 0.3) is 0 Å². The van der Waals surface area contributed by atoms with Gasteiger partial charge in [0.05, 0.1) is 17.8 Å². The number of hydrogen-bond donors (Lipinski definition) is 2. The summed E-state index contributed by atoms with van der Waals surface area (Å²) in [7, 11) is 0. The van der Waals surface area contributed by atoms with Crippen molar-refractivity contribution in [2.75, 3.05) is 10.6 Å². The van der Waals surface area contributed by atoms with Crippen LogP contribution in [0.3, 0.4) is 0 Å². The lowest BCUT2D eigenvalue weighted by Crippen LogP contribution is -2.27. The Morgan fingerprint density at radius 3 is 2.24 bits per heavy atom. The summed E-state index contributed by atoms with van der Waals surface area (Å²) in [4.78, 5) is 42.5. The molecule has 0 aliphatic carbocycles. The van der Waals surface area contributed by atoms with Crippen molar-refractivity contribution in [3.8, 4) is 23.0 Å². The Bertz CT molecular complexity index is 1630. The molecule has 206 valence electrons. The lowest BCUT2D eigenvalue weighted by molar-refractivity contribution is -0.115. The third kappa shape index (κ3) is 8.60. The fourth-order valence-electron chi connectivity index (χ4n) is 3.77. The van der Waals surface area contributed by atoms with E-state index in [1.54, 1.807) is 87.8 Å². The van der Waals surface area contributed by atoms with Crippen molar-refractivity contribution in [1.29, 1.82) is 0 Å². The monoisotopic (exact) mass is 549 g/mol. The molecule has 2 N–H and O–H groups in total. The third-order valence-corrected chi connectivity index (χ3v) is 5.63. The van der Waals surface area contributed by atoms with Crippen molar-refractivity contribution in [3.05, 3.63) is 114 Å². The molecule has 0 fully saturated rings. The fourth-order valence-corrected chi connectivity index (χ4v) is 3.77. The zero-order chi connectivity index (χ0) is 29.4. The van der Waals surface area contributed by atoms with Crippen LogP contribution in [0.1, 0.15) is 48.7 Å². The second-order valence-corrected chi connectivity index (χ2v) is 10.1. The fraction of sp³-hybridized carbons (Fsp3) is 0.152. The highest BCUT2D eigenvalue weighted by Gasteiger charge is 2.19. The number of aromatic nitrogens is 1. The molecule has 0 radical (unpaired) electrons. The van der Waals surface area contributed by atoms with Crippen molar-refractivity contribution in [2.24, 2.45) is 0 Å². The highest BCUT2D eigenvalue weighted by molar-refractivity contribution is 6.12. The normalized spacial score (nSPS) is 10.6. The number of ketones is 1. The van der Waals surface area contributed by atoms with E-state index in [0.717, 1.165) is 11.1 Å². The first-order valence-electron chi connectivity index (χ1n) is 12.8. The molecule has 41 heavy (non-hydrogen) atoms. The number of carbonyl (C=O) groups excluding carboxylic acids is 3. The largest absolute Gasteiger partial charge is 0.444 e. The Morgan fingerprint density at radius 1 is 0.829 bits per heavy atom. The molecule has 1 aromatic heterocycles. The van der Waals surface area contributed by atoms with Gasteiger partial charge in [0.15, 0.2) is 5.78 Å². The van der Waals surface area contributed by atoms with Gasteiger partial charge in [-0.15, -0.1) is 0 Å². The molecule has 0 aliphatic heterocycles. The van der Waals surface area contributed by atoms with Gasteiger partial charge in [0.2, 0.25) is 5.91 Å². The van der Waals surface area contributed by atoms with E-state index in [2.05, 4.69) is 27.5 Å². The molecule has 4 rings (SSSR count). The number of hydrogen-bond acceptors (Lipinski definition) is 5. The van der Waals surface area contributed by atoms with Crippen molar-refractivity contribution < 1.29 is 23.5 Å². The first-order valence-corrected chi connectivity index (χ1v) is 12.8. The Kier molecular flexibility index (Phi) is 8.90. The number of amides is 2. The molecule has 3 aromatic carbocycles. The van der Waals surface area contributed by atoms with Crippen molar-refractivity contribution in [1.82, 2.24) is 4.98 Å². The second-order valence-electron chi connectivity index (χ2n) is 10.1. The molecule has 8 heteroatoms. The topological polar surface area (TPSA) is 97.4 Å². The van der Waals surface area contributed by atoms with Crippen LogP contribution < -0.4 is 10.6 Å². The number of ether oxygens (including phenoxy) is 1. The van der Waals surface area contributed by atoms with Crippen LogP contribution in [0.5, 0.6) is 0 Å². The number of benzene rings is 3. The first kappa shape index (κ1) is 28.7. The number of rotatable bonds is 6. The van der Waals surface area contributed by atoms with Gasteiger partial charge in [0, 0.05) is 34.6 Å². The predicted octanol–water partition coefficient (Wildman–Crippen LogP) is 6.85. The zero-order valence-corrected chi connectivity index (χ0v) is 22.8. The van der Waals surface area contributed by atoms with Crippen LogP contribution in [-0.4, -0.2) is 28.4 Å². The molecule has 1 heterocycles. The van der Waals surface area contributed by atoms with Gasteiger partial charge in [-0.1, -0.05) is 36.1 Å². The van der Waals surface area contributed by atoms with Gasteiger partial charge in [0.1, 0.15) is 11.4 Å². The number of nitrogens with one attached hydrogen (secondary N) is 2. The maximum absolute atomic E-state index is 13.2. The number of anilines is 2. The summed E-state index contributed by atoms with van der Waals surface area (Å²) in [6.45, 7) is 5.20. The lowest BCUT2D eigenvalue weighted by Gasteiger charge is -2.20. The van der Waals surface area contributed by atoms with Crippen LogP contribution in [0.15, 0.2) is 91.3 Å². The van der Waals surface area contributed by atoms with Crippen LogP contribution >= 0.6 is 0 Å². The van der Waals surface area contributed by atoms with Crippen LogP contribution in [0, 0.1) is 17.7 Å². The molecule has 7 nitrogen and oxygen atoms in total. The summed E-state index contributed by atoms with van der Waals surface area (Å²) in [6.07, 6.45) is 2.23. The van der Waals surface area contributed by atoms with Crippen LogP contribution in [-0.2, 0) is 9.53 Å². The van der Waals surface area contributed by atoms with E-state index >= 15 is 0 Å². The smallest absolute Gasteiger partial charge is 0.412 e. The average molecular weight is 550 g/mol. The number of nitrogens with zero attached hydrogens (tertiary/aromatic N) is 1. The summed E-state index contributed by atoms with van der Waals surface area (Å²) in [6, 6.07) is 21.2. The highest BCUT2D eigenvalue weighted by atomic mass is 19.1. The third-order valence-electron chi connectivity index (χ3n) is 5.63. The van der Waals surface area contributed by atoms with E-state index in [1.807, 2.05) is 12.1 Å². The number of halogens is 1. The van der Waals surface area contributed by atoms with E-state index in [0.29, 0.717) is 16.7 Å². The molecular weight excluding hydrogens is 521 g/mol. The average Bonchev–Trinajstić information content (AvgIpc) is 2.93. The summed E-state index contributed by atoms with van der Waals surface area (Å²) in [5.74, 6) is 4.58. The van der Waals surface area contributed by atoms with Crippen LogP contribution in [0.25, 0.3) is 11.1 Å². The summed E-state index contributed by atoms with van der Waals surface area (Å²) in [5.41, 5.74) is 2.94. The van der Waals surface area contributed by atoms with Crippen LogP contribution in [0.4, 0.5) is 20.6 Å². The Hall–Kier alpha value is -5.29. The first-order chi connectivity index (χ1) is 19.6. The van der Waals surface area contributed by atoms with E-state index < -0.39 is 24.0 Å². The predicted molar refractivity (Wildman–Crippen MR) is 156 cm³/mol. The molecule has 0 unspecified atom stereocenters. The summed E-state index contributed by atoms with van der Waals surface area (Å²) >= 11 is 0. The van der Waals surface area contributed by atoms with Gasteiger partial charge >= 0.3 is 6.09 Å². The number of pyridine rings is 1. The van der Waals surface area contributed by atoms with E-state index in [9.17, 15) is 18.8 Å². The molecule has 4 aromatic rings. The Balaban J connectivity index is 1.54. The second kappa shape index (κ2) is 12.7. The quantitative estimate of drug-likeness (QED) is 0.156. The standard InChI is InChI=1S/C33H28FN3O4/c1-33(2,3)41-32(40)37-28-16-13-23(10-9-22-11-14-27(34)15-12-22)18-29(28)36-31(39)20-30(38)25-7-4-6-24(19-25)26-8-5-17-35-21-26/h4-8,11-19,21H,20H2,1-3H3,(H,36,39)(H,37,40). The van der Waals surface area contributed by atoms with E-state index in [4.69, 9.17) is 4.74 Å². The van der Waals surface area contributed by atoms with Crippen molar-refractivity contribution in [3.63, 3.8) is 0 Å². The minimum Gasteiger partial charge on any atom is -0.444 e. The summed E-state index contributed by atoms with van der Waals surface area (Å²) in [5, 5.41) is 5.35. The van der Waals surface area contributed by atoms with Gasteiger partial charge in [-0.3, -0.25) is 19.9 Å². The van der Waals surface area contributed by atoms with Crippen molar-refractivity contribution >= 4 is 29.2 Å². The SMILES string of the molecule is CC(C)(C)OC(=O)Nc1ccc(C#Cc2ccc(F)cc2)cc1NC(=O)CC(=O)c1cccc(-c2cccnc2)c1. The minimum atomic E-state index is -0.731. The molecule has 0 bridgehead atoms. The van der Waals surface area contributed by atoms with Crippen molar-refractivity contribution in [2.45, 2.75) is 32.8 Å². The van der Waals surface area contributed by atoms with Crippen LogP contribution in [0.2, 0.25) is 0 Å². The molecule has 0 atom stereocenters. The zero-order valence-electron chi connectivity index (χ0n) is 22.8.